The van der Waals surface area contributed by atoms with Gasteiger partial charge < -0.3 is 5.32 Å². The standard InChI is InChI=1S/C13H19BrN2O3S/c1-4-7-13(2,3)16-12(17)10-8-9(20(15,18)19)5-6-11(10)14/h5-6,8H,4,7H2,1-3H3,(H,16,17)(H2,15,18,19). The van der Waals surface area contributed by atoms with Crippen molar-refractivity contribution in [2.75, 3.05) is 0 Å². The van der Waals surface area contributed by atoms with Crippen LogP contribution in [0.3, 0.4) is 0 Å². The van der Waals surface area contributed by atoms with Crippen molar-refractivity contribution in [3.8, 4) is 0 Å². The van der Waals surface area contributed by atoms with Gasteiger partial charge in [-0.3, -0.25) is 4.79 Å². The van der Waals surface area contributed by atoms with Gasteiger partial charge in [0, 0.05) is 10.0 Å². The maximum absolute atomic E-state index is 12.3. The second kappa shape index (κ2) is 6.24. The molecule has 5 nitrogen and oxygen atoms in total. The van der Waals surface area contributed by atoms with Crippen LogP contribution in [-0.4, -0.2) is 19.9 Å². The number of primary sulfonamides is 1. The number of carbonyl (C=O) groups is 1. The van der Waals surface area contributed by atoms with Crippen molar-refractivity contribution in [2.24, 2.45) is 5.14 Å². The highest BCUT2D eigenvalue weighted by atomic mass is 79.9. The number of hydrogen-bond donors (Lipinski definition) is 2. The molecular weight excluding hydrogens is 344 g/mol. The van der Waals surface area contributed by atoms with E-state index in [1.54, 1.807) is 0 Å². The van der Waals surface area contributed by atoms with Gasteiger partial charge in [0.15, 0.2) is 0 Å². The molecule has 0 aliphatic rings. The van der Waals surface area contributed by atoms with Crippen molar-refractivity contribution >= 4 is 31.9 Å². The monoisotopic (exact) mass is 362 g/mol. The van der Waals surface area contributed by atoms with Crippen molar-refractivity contribution in [1.82, 2.24) is 5.32 Å². The van der Waals surface area contributed by atoms with Gasteiger partial charge in [0.05, 0.1) is 10.5 Å². The van der Waals surface area contributed by atoms with E-state index in [9.17, 15) is 13.2 Å². The molecule has 0 bridgehead atoms. The van der Waals surface area contributed by atoms with E-state index in [2.05, 4.69) is 21.2 Å². The second-order valence-electron chi connectivity index (χ2n) is 5.27. The summed E-state index contributed by atoms with van der Waals surface area (Å²) in [6, 6.07) is 4.13. The number of rotatable bonds is 5. The van der Waals surface area contributed by atoms with Crippen molar-refractivity contribution < 1.29 is 13.2 Å². The van der Waals surface area contributed by atoms with Crippen molar-refractivity contribution in [2.45, 2.75) is 44.0 Å². The van der Waals surface area contributed by atoms with Crippen LogP contribution in [0.5, 0.6) is 0 Å². The van der Waals surface area contributed by atoms with E-state index in [1.165, 1.54) is 18.2 Å². The molecule has 1 amide bonds. The zero-order valence-corrected chi connectivity index (χ0v) is 14.1. The van der Waals surface area contributed by atoms with Gasteiger partial charge in [-0.1, -0.05) is 13.3 Å². The van der Waals surface area contributed by atoms with E-state index in [0.29, 0.717) is 4.47 Å². The quantitative estimate of drug-likeness (QED) is 0.842. The molecule has 0 aliphatic heterocycles. The van der Waals surface area contributed by atoms with Gasteiger partial charge in [0.2, 0.25) is 10.0 Å². The van der Waals surface area contributed by atoms with Crippen LogP contribution in [0.4, 0.5) is 0 Å². The summed E-state index contributed by atoms with van der Waals surface area (Å²) in [5, 5.41) is 7.96. The molecule has 0 unspecified atom stereocenters. The first-order valence-electron chi connectivity index (χ1n) is 6.21. The Bertz CT molecular complexity index is 612. The predicted molar refractivity (Wildman–Crippen MR) is 82.0 cm³/mol. The molecule has 112 valence electrons. The minimum absolute atomic E-state index is 0.0841. The first-order chi connectivity index (χ1) is 9.07. The van der Waals surface area contributed by atoms with Gasteiger partial charge >= 0.3 is 0 Å². The smallest absolute Gasteiger partial charge is 0.252 e. The Morgan fingerprint density at radius 2 is 2.00 bits per heavy atom. The third-order valence-corrected chi connectivity index (χ3v) is 4.44. The number of benzene rings is 1. The molecule has 3 N–H and O–H groups in total. The van der Waals surface area contributed by atoms with Crippen LogP contribution in [0.25, 0.3) is 0 Å². The fourth-order valence-corrected chi connectivity index (χ4v) is 2.88. The Balaban J connectivity index is 3.10. The Hall–Kier alpha value is -0.920. The molecule has 1 rings (SSSR count). The molecular formula is C13H19BrN2O3S. The van der Waals surface area contributed by atoms with Gasteiger partial charge in [-0.2, -0.15) is 0 Å². The van der Waals surface area contributed by atoms with Gasteiger partial charge in [0.25, 0.3) is 5.91 Å². The number of carbonyl (C=O) groups excluding carboxylic acids is 1. The highest BCUT2D eigenvalue weighted by Gasteiger charge is 2.22. The fraction of sp³-hybridized carbons (Fsp3) is 0.462. The van der Waals surface area contributed by atoms with Crippen LogP contribution in [0.15, 0.2) is 27.6 Å². The second-order valence-corrected chi connectivity index (χ2v) is 7.69. The summed E-state index contributed by atoms with van der Waals surface area (Å²) in [5.74, 6) is -0.333. The lowest BCUT2D eigenvalue weighted by Gasteiger charge is -2.26. The number of amides is 1. The third-order valence-electron chi connectivity index (χ3n) is 2.84. The molecule has 0 heterocycles. The lowest BCUT2D eigenvalue weighted by Crippen LogP contribution is -2.43. The van der Waals surface area contributed by atoms with Crippen molar-refractivity contribution in [3.05, 3.63) is 28.2 Å². The van der Waals surface area contributed by atoms with Crippen LogP contribution in [0, 0.1) is 0 Å². The predicted octanol–water partition coefficient (Wildman–Crippen LogP) is 2.41. The SMILES string of the molecule is CCCC(C)(C)NC(=O)c1cc(S(N)(=O)=O)ccc1Br. The minimum atomic E-state index is -3.83. The summed E-state index contributed by atoms with van der Waals surface area (Å²) in [7, 11) is -3.83. The summed E-state index contributed by atoms with van der Waals surface area (Å²) < 4.78 is 23.2. The first-order valence-corrected chi connectivity index (χ1v) is 8.55. The molecule has 20 heavy (non-hydrogen) atoms. The molecule has 0 saturated carbocycles. The molecule has 0 aromatic heterocycles. The molecule has 1 aromatic carbocycles. The highest BCUT2D eigenvalue weighted by Crippen LogP contribution is 2.22. The van der Waals surface area contributed by atoms with E-state index < -0.39 is 10.0 Å². The van der Waals surface area contributed by atoms with Crippen LogP contribution in [0.1, 0.15) is 44.0 Å². The molecule has 0 aliphatic carbocycles. The van der Waals surface area contributed by atoms with E-state index >= 15 is 0 Å². The van der Waals surface area contributed by atoms with Gasteiger partial charge in [-0.05, 0) is 54.4 Å². The number of hydrogen-bond acceptors (Lipinski definition) is 3. The van der Waals surface area contributed by atoms with E-state index in [0.717, 1.165) is 12.8 Å². The van der Waals surface area contributed by atoms with E-state index in [4.69, 9.17) is 5.14 Å². The van der Waals surface area contributed by atoms with Crippen LogP contribution in [-0.2, 0) is 10.0 Å². The lowest BCUT2D eigenvalue weighted by atomic mass is 9.98. The molecule has 0 fully saturated rings. The Morgan fingerprint density at radius 1 is 1.40 bits per heavy atom. The zero-order chi connectivity index (χ0) is 15.6. The number of nitrogens with one attached hydrogen (secondary N) is 1. The largest absolute Gasteiger partial charge is 0.347 e. The highest BCUT2D eigenvalue weighted by molar-refractivity contribution is 9.10. The minimum Gasteiger partial charge on any atom is -0.347 e. The first kappa shape index (κ1) is 17.1. The lowest BCUT2D eigenvalue weighted by molar-refractivity contribution is 0.0908. The van der Waals surface area contributed by atoms with E-state index in [1.807, 2.05) is 20.8 Å². The maximum Gasteiger partial charge on any atom is 0.252 e. The van der Waals surface area contributed by atoms with Gasteiger partial charge in [-0.25, -0.2) is 13.6 Å². The molecule has 0 saturated heterocycles. The van der Waals surface area contributed by atoms with Crippen molar-refractivity contribution in [1.29, 1.82) is 0 Å². The maximum atomic E-state index is 12.3. The van der Waals surface area contributed by atoms with E-state index in [-0.39, 0.29) is 21.9 Å². The Labute approximate surface area is 128 Å². The fourth-order valence-electron chi connectivity index (χ4n) is 1.92. The molecule has 0 radical (unpaired) electrons. The normalized spacial score (nSPS) is 12.2. The topological polar surface area (TPSA) is 89.3 Å². The summed E-state index contributed by atoms with van der Waals surface area (Å²) >= 11 is 3.25. The van der Waals surface area contributed by atoms with Crippen LogP contribution >= 0.6 is 15.9 Å². The number of halogens is 1. The molecule has 1 aromatic rings. The van der Waals surface area contributed by atoms with Crippen molar-refractivity contribution in [3.63, 3.8) is 0 Å². The molecule has 0 atom stereocenters. The molecule has 7 heteroatoms. The Kier molecular flexibility index (Phi) is 5.34. The van der Waals surface area contributed by atoms with Crippen LogP contribution in [0.2, 0.25) is 0 Å². The van der Waals surface area contributed by atoms with Gasteiger partial charge in [0.1, 0.15) is 0 Å². The number of nitrogens with two attached hydrogens (primary N) is 1. The third kappa shape index (κ3) is 4.57. The number of sulfonamides is 1. The summed E-state index contributed by atoms with van der Waals surface area (Å²) in [6.07, 6.45) is 1.76. The molecule has 0 spiro atoms. The average Bonchev–Trinajstić information content (AvgIpc) is 2.26. The van der Waals surface area contributed by atoms with Crippen LogP contribution < -0.4 is 10.5 Å². The zero-order valence-electron chi connectivity index (χ0n) is 11.7. The summed E-state index contributed by atoms with van der Waals surface area (Å²) in [5.41, 5.74) is -0.108. The Morgan fingerprint density at radius 3 is 2.50 bits per heavy atom. The summed E-state index contributed by atoms with van der Waals surface area (Å²) in [6.45, 7) is 5.88. The average molecular weight is 363 g/mol. The summed E-state index contributed by atoms with van der Waals surface area (Å²) in [4.78, 5) is 12.2. The van der Waals surface area contributed by atoms with Gasteiger partial charge in [-0.15, -0.1) is 0 Å².